The highest BCUT2D eigenvalue weighted by Gasteiger charge is 2.32. The minimum absolute atomic E-state index is 0.0357. The normalized spacial score (nSPS) is 14.0. The number of carbonyl (C=O) groups excluding carboxylic acids is 2. The Labute approximate surface area is 182 Å². The van der Waals surface area contributed by atoms with Gasteiger partial charge in [0.1, 0.15) is 11.6 Å². The highest BCUT2D eigenvalue weighted by Crippen LogP contribution is 2.37. The van der Waals surface area contributed by atoms with Crippen LogP contribution in [-0.2, 0) is 16.6 Å². The molecule has 0 radical (unpaired) electrons. The maximum atomic E-state index is 13.7. The third-order valence-corrected chi connectivity index (χ3v) is 5.87. The Kier molecular flexibility index (Phi) is 5.90. The van der Waals surface area contributed by atoms with Crippen LogP contribution in [0.5, 0.6) is 5.75 Å². The van der Waals surface area contributed by atoms with Crippen molar-refractivity contribution in [3.63, 3.8) is 0 Å². The Hall–Kier alpha value is -3.40. The molecule has 0 saturated heterocycles. The molecule has 8 nitrogen and oxygen atoms in total. The number of nitrogens with one attached hydrogen (secondary N) is 1. The SMILES string of the molecule is C[C@H](c1nnc(SCC(=O)Nc2ccccc2F)n1C)N1C(=O)COc2ccccc21. The van der Waals surface area contributed by atoms with Gasteiger partial charge >= 0.3 is 0 Å². The Bertz CT molecular complexity index is 1140. The summed E-state index contributed by atoms with van der Waals surface area (Å²) in [5.74, 6) is 0.218. The summed E-state index contributed by atoms with van der Waals surface area (Å²) in [7, 11) is 1.78. The summed E-state index contributed by atoms with van der Waals surface area (Å²) in [6, 6.07) is 12.9. The van der Waals surface area contributed by atoms with Crippen LogP contribution in [0, 0.1) is 5.82 Å². The predicted molar refractivity (Wildman–Crippen MR) is 115 cm³/mol. The van der Waals surface area contributed by atoms with Crippen molar-refractivity contribution in [2.24, 2.45) is 7.05 Å². The van der Waals surface area contributed by atoms with Gasteiger partial charge in [-0.05, 0) is 31.2 Å². The lowest BCUT2D eigenvalue weighted by Crippen LogP contribution is -2.41. The first-order valence-corrected chi connectivity index (χ1v) is 10.5. The Morgan fingerprint density at radius 1 is 1.23 bits per heavy atom. The topological polar surface area (TPSA) is 89.4 Å². The number of rotatable bonds is 6. The first kappa shape index (κ1) is 20.9. The van der Waals surface area contributed by atoms with Gasteiger partial charge in [0.25, 0.3) is 5.91 Å². The van der Waals surface area contributed by atoms with Crippen LogP contribution in [0.2, 0.25) is 0 Å². The molecular formula is C21H20FN5O3S. The molecular weight excluding hydrogens is 421 g/mol. The number of amides is 2. The maximum absolute atomic E-state index is 13.7. The lowest BCUT2D eigenvalue weighted by molar-refractivity contribution is -0.121. The smallest absolute Gasteiger partial charge is 0.265 e. The number of nitrogens with zero attached hydrogens (tertiary/aromatic N) is 4. The highest BCUT2D eigenvalue weighted by molar-refractivity contribution is 7.99. The molecule has 160 valence electrons. The van der Waals surface area contributed by atoms with Gasteiger partial charge in [-0.3, -0.25) is 14.5 Å². The van der Waals surface area contributed by atoms with Crippen LogP contribution in [0.3, 0.4) is 0 Å². The van der Waals surface area contributed by atoms with Crippen molar-refractivity contribution in [2.75, 3.05) is 22.6 Å². The van der Waals surface area contributed by atoms with E-state index >= 15 is 0 Å². The van der Waals surface area contributed by atoms with Crippen LogP contribution in [0.1, 0.15) is 18.8 Å². The molecule has 2 amide bonds. The largest absolute Gasteiger partial charge is 0.482 e. The van der Waals surface area contributed by atoms with Crippen molar-refractivity contribution in [1.82, 2.24) is 14.8 Å². The molecule has 1 aliphatic heterocycles. The van der Waals surface area contributed by atoms with Crippen LogP contribution in [0.15, 0.2) is 53.7 Å². The number of halogens is 1. The average Bonchev–Trinajstić information content (AvgIpc) is 3.14. The van der Waals surface area contributed by atoms with E-state index in [1.807, 2.05) is 31.2 Å². The quantitative estimate of drug-likeness (QED) is 0.591. The molecule has 0 unspecified atom stereocenters. The van der Waals surface area contributed by atoms with Gasteiger partial charge in [0.2, 0.25) is 5.91 Å². The summed E-state index contributed by atoms with van der Waals surface area (Å²) < 4.78 is 20.9. The number of hydrogen-bond donors (Lipinski definition) is 1. The van der Waals surface area contributed by atoms with Crippen molar-refractivity contribution in [3.05, 3.63) is 60.2 Å². The van der Waals surface area contributed by atoms with Crippen LogP contribution < -0.4 is 15.0 Å². The molecule has 0 saturated carbocycles. The van der Waals surface area contributed by atoms with Gasteiger partial charge in [-0.1, -0.05) is 36.0 Å². The van der Waals surface area contributed by atoms with E-state index in [2.05, 4.69) is 15.5 Å². The summed E-state index contributed by atoms with van der Waals surface area (Å²) in [6.45, 7) is 1.82. The zero-order valence-electron chi connectivity index (χ0n) is 16.9. The molecule has 1 atom stereocenters. The van der Waals surface area contributed by atoms with Crippen molar-refractivity contribution >= 4 is 35.0 Å². The number of ether oxygens (including phenoxy) is 1. The van der Waals surface area contributed by atoms with E-state index in [0.29, 0.717) is 22.4 Å². The number of thioether (sulfide) groups is 1. The molecule has 0 fully saturated rings. The monoisotopic (exact) mass is 441 g/mol. The number of hydrogen-bond acceptors (Lipinski definition) is 6. The van der Waals surface area contributed by atoms with Gasteiger partial charge in [0.05, 0.1) is 23.2 Å². The zero-order valence-corrected chi connectivity index (χ0v) is 17.7. The summed E-state index contributed by atoms with van der Waals surface area (Å²) in [5, 5.41) is 11.5. The van der Waals surface area contributed by atoms with E-state index in [4.69, 9.17) is 4.74 Å². The van der Waals surface area contributed by atoms with Crippen LogP contribution in [0.25, 0.3) is 0 Å². The fraction of sp³-hybridized carbons (Fsp3) is 0.238. The van der Waals surface area contributed by atoms with Crippen LogP contribution in [0.4, 0.5) is 15.8 Å². The first-order valence-electron chi connectivity index (χ1n) is 9.56. The standard InChI is InChI=1S/C21H20FN5O3S/c1-13(27-16-9-5-6-10-17(16)30-11-19(27)29)20-24-25-21(26(20)2)31-12-18(28)23-15-8-4-3-7-14(15)22/h3-10,13H,11-12H2,1-2H3,(H,23,28)/t13-/m1/s1. The van der Waals surface area contributed by atoms with Gasteiger partial charge in [-0.25, -0.2) is 4.39 Å². The van der Waals surface area contributed by atoms with Crippen molar-refractivity contribution < 1.29 is 18.7 Å². The van der Waals surface area contributed by atoms with Gasteiger partial charge in [-0.2, -0.15) is 0 Å². The third-order valence-electron chi connectivity index (χ3n) is 4.85. The van der Waals surface area contributed by atoms with Gasteiger partial charge in [0.15, 0.2) is 17.6 Å². The fourth-order valence-corrected chi connectivity index (χ4v) is 4.07. The minimum Gasteiger partial charge on any atom is -0.482 e. The second-order valence-electron chi connectivity index (χ2n) is 6.91. The summed E-state index contributed by atoms with van der Waals surface area (Å²) >= 11 is 1.18. The summed E-state index contributed by atoms with van der Waals surface area (Å²) in [6.07, 6.45) is 0. The maximum Gasteiger partial charge on any atom is 0.265 e. The zero-order chi connectivity index (χ0) is 22.0. The molecule has 4 rings (SSSR count). The average molecular weight is 441 g/mol. The lowest BCUT2D eigenvalue weighted by atomic mass is 10.1. The summed E-state index contributed by atoms with van der Waals surface area (Å²) in [5.41, 5.74) is 0.803. The molecule has 0 aliphatic carbocycles. The van der Waals surface area contributed by atoms with Crippen LogP contribution >= 0.6 is 11.8 Å². The predicted octanol–water partition coefficient (Wildman–Crippen LogP) is 3.17. The molecule has 2 heterocycles. The second kappa shape index (κ2) is 8.76. The first-order chi connectivity index (χ1) is 15.0. The molecule has 1 aliphatic rings. The number of carbonyl (C=O) groups is 2. The van der Waals surface area contributed by atoms with Crippen molar-refractivity contribution in [2.45, 2.75) is 18.1 Å². The molecule has 0 spiro atoms. The van der Waals surface area contributed by atoms with Crippen LogP contribution in [-0.4, -0.2) is 38.9 Å². The van der Waals surface area contributed by atoms with Crippen molar-refractivity contribution in [1.29, 1.82) is 0 Å². The number of benzene rings is 2. The molecule has 3 aromatic rings. The molecule has 31 heavy (non-hydrogen) atoms. The van der Waals surface area contributed by atoms with Gasteiger partial charge in [-0.15, -0.1) is 10.2 Å². The van der Waals surface area contributed by atoms with Crippen molar-refractivity contribution in [3.8, 4) is 5.75 Å². The Morgan fingerprint density at radius 3 is 2.77 bits per heavy atom. The Morgan fingerprint density at radius 2 is 1.97 bits per heavy atom. The van der Waals surface area contributed by atoms with E-state index in [-0.39, 0.29) is 29.9 Å². The van der Waals surface area contributed by atoms with E-state index in [1.165, 1.54) is 23.9 Å². The minimum atomic E-state index is -0.494. The number of aromatic nitrogens is 3. The molecule has 1 N–H and O–H groups in total. The van der Waals surface area contributed by atoms with E-state index in [9.17, 15) is 14.0 Å². The second-order valence-corrected chi connectivity index (χ2v) is 7.86. The number of fused-ring (bicyclic) bond motifs is 1. The van der Waals surface area contributed by atoms with Gasteiger partial charge < -0.3 is 14.6 Å². The number of anilines is 2. The van der Waals surface area contributed by atoms with Gasteiger partial charge in [0, 0.05) is 7.05 Å². The van der Waals surface area contributed by atoms with E-state index < -0.39 is 11.9 Å². The Balaban J connectivity index is 1.46. The molecule has 2 aromatic carbocycles. The molecule has 1 aromatic heterocycles. The van der Waals surface area contributed by atoms with E-state index in [1.54, 1.807) is 28.6 Å². The summed E-state index contributed by atoms with van der Waals surface area (Å²) in [4.78, 5) is 26.4. The third kappa shape index (κ3) is 4.24. The molecule has 0 bridgehead atoms. The number of para-hydroxylation sites is 3. The fourth-order valence-electron chi connectivity index (χ4n) is 3.36. The highest BCUT2D eigenvalue weighted by atomic mass is 32.2. The lowest BCUT2D eigenvalue weighted by Gasteiger charge is -2.33. The van der Waals surface area contributed by atoms with E-state index in [0.717, 1.165) is 0 Å². The molecule has 10 heteroatoms.